The number of carbonyl (C=O) groups is 1. The normalized spacial score (nSPS) is 10.6. The molecule has 2 aromatic heterocycles. The number of hydrogen-bond donors (Lipinski definition) is 1. The molecule has 0 aliphatic carbocycles. The van der Waals surface area contributed by atoms with Crippen LogP contribution in [0.1, 0.15) is 22.0 Å². The SMILES string of the molecule is Cc1nc(COC(=O)c2ccc(-n3cc(Br)cn3)cc2)n[nH]1. The first-order valence-electron chi connectivity index (χ1n) is 6.47. The van der Waals surface area contributed by atoms with Gasteiger partial charge in [-0.1, -0.05) is 0 Å². The lowest BCUT2D eigenvalue weighted by molar-refractivity contribution is 0.0462. The molecule has 0 saturated carbocycles. The molecule has 8 heteroatoms. The lowest BCUT2D eigenvalue weighted by Crippen LogP contribution is -2.06. The lowest BCUT2D eigenvalue weighted by Gasteiger charge is -2.04. The van der Waals surface area contributed by atoms with Crippen molar-refractivity contribution < 1.29 is 9.53 Å². The third-order valence-electron chi connectivity index (χ3n) is 2.89. The number of nitrogens with one attached hydrogen (secondary N) is 1. The van der Waals surface area contributed by atoms with Crippen molar-refractivity contribution in [2.45, 2.75) is 13.5 Å². The second kappa shape index (κ2) is 6.10. The van der Waals surface area contributed by atoms with Gasteiger partial charge in [0, 0.05) is 6.20 Å². The molecule has 0 aliphatic rings. The predicted octanol–water partition coefficient (Wildman–Crippen LogP) is 2.42. The summed E-state index contributed by atoms with van der Waals surface area (Å²) in [4.78, 5) is 16.0. The van der Waals surface area contributed by atoms with Gasteiger partial charge in [-0.05, 0) is 47.1 Å². The molecule has 0 saturated heterocycles. The first kappa shape index (κ1) is 14.5. The molecule has 1 N–H and O–H groups in total. The van der Waals surface area contributed by atoms with E-state index in [4.69, 9.17) is 4.74 Å². The largest absolute Gasteiger partial charge is 0.454 e. The second-order valence-electron chi connectivity index (χ2n) is 4.56. The Hall–Kier alpha value is -2.48. The number of ether oxygens (including phenoxy) is 1. The number of rotatable bonds is 4. The number of aromatic amines is 1. The van der Waals surface area contributed by atoms with Crippen molar-refractivity contribution in [3.63, 3.8) is 0 Å². The molecule has 0 fully saturated rings. The molecule has 2 heterocycles. The Bertz CT molecular complexity index is 794. The van der Waals surface area contributed by atoms with Gasteiger partial charge in [0.1, 0.15) is 5.82 Å². The highest BCUT2D eigenvalue weighted by Crippen LogP contribution is 2.14. The molecule has 0 spiro atoms. The summed E-state index contributed by atoms with van der Waals surface area (Å²) in [6, 6.07) is 6.98. The van der Waals surface area contributed by atoms with Crippen LogP contribution < -0.4 is 0 Å². The molecule has 0 aliphatic heterocycles. The minimum atomic E-state index is -0.421. The summed E-state index contributed by atoms with van der Waals surface area (Å²) in [5, 5.41) is 10.8. The zero-order chi connectivity index (χ0) is 15.5. The fraction of sp³-hybridized carbons (Fsp3) is 0.143. The van der Waals surface area contributed by atoms with Crippen LogP contribution in [0.25, 0.3) is 5.69 Å². The highest BCUT2D eigenvalue weighted by molar-refractivity contribution is 9.10. The first-order valence-corrected chi connectivity index (χ1v) is 7.27. The molecule has 22 heavy (non-hydrogen) atoms. The number of benzene rings is 1. The molecular formula is C14H12BrN5O2. The fourth-order valence-electron chi connectivity index (χ4n) is 1.86. The molecule has 0 unspecified atom stereocenters. The minimum Gasteiger partial charge on any atom is -0.454 e. The van der Waals surface area contributed by atoms with Gasteiger partial charge in [-0.15, -0.1) is 0 Å². The molecule has 0 radical (unpaired) electrons. The summed E-state index contributed by atoms with van der Waals surface area (Å²) >= 11 is 3.34. The van der Waals surface area contributed by atoms with Crippen LogP contribution in [0.15, 0.2) is 41.1 Å². The average molecular weight is 362 g/mol. The third-order valence-corrected chi connectivity index (χ3v) is 3.30. The van der Waals surface area contributed by atoms with Crippen LogP contribution in [0.4, 0.5) is 0 Å². The Balaban J connectivity index is 1.65. The number of halogens is 1. The van der Waals surface area contributed by atoms with Gasteiger partial charge in [0.25, 0.3) is 0 Å². The van der Waals surface area contributed by atoms with Crippen molar-refractivity contribution in [3.8, 4) is 5.69 Å². The van der Waals surface area contributed by atoms with E-state index in [0.717, 1.165) is 10.2 Å². The van der Waals surface area contributed by atoms with Gasteiger partial charge >= 0.3 is 5.97 Å². The number of H-pyrrole nitrogens is 1. The number of carbonyl (C=O) groups excluding carboxylic acids is 1. The van der Waals surface area contributed by atoms with Gasteiger partial charge in [0.05, 0.1) is 21.9 Å². The Morgan fingerprint density at radius 2 is 2.14 bits per heavy atom. The number of nitrogens with zero attached hydrogens (tertiary/aromatic N) is 4. The van der Waals surface area contributed by atoms with E-state index in [2.05, 4.69) is 36.2 Å². The van der Waals surface area contributed by atoms with E-state index in [-0.39, 0.29) is 6.61 Å². The van der Waals surface area contributed by atoms with E-state index in [1.54, 1.807) is 42.1 Å². The highest BCUT2D eigenvalue weighted by atomic mass is 79.9. The summed E-state index contributed by atoms with van der Waals surface area (Å²) in [5.74, 6) is 0.709. The number of hydrogen-bond acceptors (Lipinski definition) is 5. The Kier molecular flexibility index (Phi) is 4.01. The van der Waals surface area contributed by atoms with E-state index in [9.17, 15) is 4.79 Å². The number of esters is 1. The van der Waals surface area contributed by atoms with Gasteiger partial charge in [0.2, 0.25) is 0 Å². The fourth-order valence-corrected chi connectivity index (χ4v) is 2.14. The van der Waals surface area contributed by atoms with Crippen LogP contribution >= 0.6 is 15.9 Å². The topological polar surface area (TPSA) is 85.7 Å². The molecule has 112 valence electrons. The van der Waals surface area contributed by atoms with Gasteiger partial charge in [-0.2, -0.15) is 10.2 Å². The van der Waals surface area contributed by atoms with Crippen molar-refractivity contribution in [1.29, 1.82) is 0 Å². The van der Waals surface area contributed by atoms with Crippen LogP contribution in [-0.4, -0.2) is 30.9 Å². The summed E-state index contributed by atoms with van der Waals surface area (Å²) in [5.41, 5.74) is 1.31. The third kappa shape index (κ3) is 3.22. The molecule has 7 nitrogen and oxygen atoms in total. The summed E-state index contributed by atoms with van der Waals surface area (Å²) in [6.07, 6.45) is 3.53. The second-order valence-corrected chi connectivity index (χ2v) is 5.48. The van der Waals surface area contributed by atoms with E-state index in [1.165, 1.54) is 0 Å². The van der Waals surface area contributed by atoms with Crippen LogP contribution in [0.2, 0.25) is 0 Å². The smallest absolute Gasteiger partial charge is 0.338 e. The first-order chi connectivity index (χ1) is 10.6. The van der Waals surface area contributed by atoms with E-state index in [1.807, 2.05) is 6.20 Å². The van der Waals surface area contributed by atoms with Crippen molar-refractivity contribution in [2.75, 3.05) is 0 Å². The van der Waals surface area contributed by atoms with Crippen molar-refractivity contribution >= 4 is 21.9 Å². The van der Waals surface area contributed by atoms with Gasteiger partial charge in [-0.25, -0.2) is 14.5 Å². The zero-order valence-corrected chi connectivity index (χ0v) is 13.2. The maximum Gasteiger partial charge on any atom is 0.338 e. The number of aromatic nitrogens is 5. The summed E-state index contributed by atoms with van der Waals surface area (Å²) in [7, 11) is 0. The molecule has 0 atom stereocenters. The van der Waals surface area contributed by atoms with Crippen molar-refractivity contribution in [3.05, 3.63) is 58.3 Å². The van der Waals surface area contributed by atoms with Crippen LogP contribution in [-0.2, 0) is 11.3 Å². The molecule has 1 aromatic carbocycles. The highest BCUT2D eigenvalue weighted by Gasteiger charge is 2.10. The summed E-state index contributed by atoms with van der Waals surface area (Å²) < 4.78 is 7.75. The van der Waals surface area contributed by atoms with Crippen LogP contribution in [0.5, 0.6) is 0 Å². The quantitative estimate of drug-likeness (QED) is 0.721. The van der Waals surface area contributed by atoms with Crippen molar-refractivity contribution in [2.24, 2.45) is 0 Å². The number of aryl methyl sites for hydroxylation is 1. The average Bonchev–Trinajstić information content (AvgIpc) is 3.13. The Morgan fingerprint density at radius 1 is 1.36 bits per heavy atom. The zero-order valence-electron chi connectivity index (χ0n) is 11.7. The van der Waals surface area contributed by atoms with E-state index in [0.29, 0.717) is 17.2 Å². The maximum atomic E-state index is 12.0. The monoisotopic (exact) mass is 361 g/mol. The molecule has 0 bridgehead atoms. The maximum absolute atomic E-state index is 12.0. The lowest BCUT2D eigenvalue weighted by atomic mass is 10.2. The predicted molar refractivity (Wildman–Crippen MR) is 81.5 cm³/mol. The van der Waals surface area contributed by atoms with E-state index < -0.39 is 5.97 Å². The van der Waals surface area contributed by atoms with Gasteiger partial charge in [-0.3, -0.25) is 5.10 Å². The molecular weight excluding hydrogens is 350 g/mol. The molecule has 3 rings (SSSR count). The van der Waals surface area contributed by atoms with E-state index >= 15 is 0 Å². The summed E-state index contributed by atoms with van der Waals surface area (Å²) in [6.45, 7) is 1.82. The molecule has 3 aromatic rings. The molecule has 0 amide bonds. The van der Waals surface area contributed by atoms with Crippen LogP contribution in [0.3, 0.4) is 0 Å². The Labute approximate surface area is 134 Å². The van der Waals surface area contributed by atoms with Gasteiger partial charge in [0.15, 0.2) is 12.4 Å². The van der Waals surface area contributed by atoms with Gasteiger partial charge < -0.3 is 4.74 Å². The minimum absolute atomic E-state index is 0.0387. The Morgan fingerprint density at radius 3 is 2.73 bits per heavy atom. The van der Waals surface area contributed by atoms with Crippen LogP contribution in [0, 0.1) is 6.92 Å². The van der Waals surface area contributed by atoms with Crippen molar-refractivity contribution in [1.82, 2.24) is 25.0 Å². The standard InChI is InChI=1S/C14H12BrN5O2/c1-9-17-13(19-18-9)8-22-14(21)10-2-4-12(5-3-10)20-7-11(15)6-16-20/h2-7H,8H2,1H3,(H,17,18,19).